The number of aromatic nitrogens is 3. The Hall–Kier alpha value is -0.940. The van der Waals surface area contributed by atoms with Gasteiger partial charge in [-0.2, -0.15) is 5.10 Å². The number of aryl methyl sites for hydroxylation is 1. The lowest BCUT2D eigenvalue weighted by atomic mass is 9.92. The molecule has 1 aromatic heterocycles. The summed E-state index contributed by atoms with van der Waals surface area (Å²) in [5.41, 5.74) is 0. The summed E-state index contributed by atoms with van der Waals surface area (Å²) >= 11 is 0. The smallest absolute Gasteiger partial charge is 0.152 e. The van der Waals surface area contributed by atoms with E-state index in [0.717, 1.165) is 25.2 Å². The molecule has 2 atom stereocenters. The normalized spacial score (nSPS) is 24.3. The summed E-state index contributed by atoms with van der Waals surface area (Å²) in [7, 11) is 2.02. The number of nitrogens with one attached hydrogen (secondary N) is 1. The summed E-state index contributed by atoms with van der Waals surface area (Å²) in [6, 6.07) is 0.487. The second-order valence-corrected chi connectivity index (χ2v) is 4.93. The van der Waals surface area contributed by atoms with E-state index >= 15 is 0 Å². The number of likely N-dealkylation sites (N-methyl/N-ethyl adjacent to an activating group) is 1. The van der Waals surface area contributed by atoms with Gasteiger partial charge in [0.2, 0.25) is 0 Å². The molecule has 0 bridgehead atoms. The van der Waals surface area contributed by atoms with E-state index in [9.17, 15) is 0 Å². The highest BCUT2D eigenvalue weighted by Gasteiger charge is 2.24. The standard InChI is InChI=1S/C13H24N4O/c1-3-8-17-13(15-10-16-17)9-18-12-7-5-4-6-11(12)14-2/h10-12,14H,3-9H2,1-2H3. The molecule has 18 heavy (non-hydrogen) atoms. The first-order chi connectivity index (χ1) is 8.85. The van der Waals surface area contributed by atoms with Crippen molar-refractivity contribution in [2.75, 3.05) is 7.05 Å². The molecule has 0 saturated heterocycles. The van der Waals surface area contributed by atoms with E-state index in [0.29, 0.717) is 18.8 Å². The predicted molar refractivity (Wildman–Crippen MR) is 70.2 cm³/mol. The molecule has 0 radical (unpaired) electrons. The summed E-state index contributed by atoms with van der Waals surface area (Å²) in [6.07, 6.45) is 7.93. The highest BCUT2D eigenvalue weighted by molar-refractivity contribution is 4.85. The van der Waals surface area contributed by atoms with Crippen molar-refractivity contribution in [3.63, 3.8) is 0 Å². The van der Waals surface area contributed by atoms with Crippen molar-refractivity contribution in [3.8, 4) is 0 Å². The predicted octanol–water partition coefficient (Wildman–Crippen LogP) is 1.74. The molecule has 0 amide bonds. The molecule has 5 nitrogen and oxygen atoms in total. The average molecular weight is 252 g/mol. The third-order valence-corrected chi connectivity index (χ3v) is 3.63. The van der Waals surface area contributed by atoms with Gasteiger partial charge >= 0.3 is 0 Å². The SMILES string of the molecule is CCCn1ncnc1COC1CCCCC1NC. The average Bonchev–Trinajstić information content (AvgIpc) is 2.84. The largest absolute Gasteiger partial charge is 0.369 e. The molecule has 2 unspecified atom stereocenters. The number of rotatable bonds is 6. The van der Waals surface area contributed by atoms with Gasteiger partial charge in [0, 0.05) is 12.6 Å². The molecule has 1 aliphatic rings. The minimum absolute atomic E-state index is 0.315. The van der Waals surface area contributed by atoms with Gasteiger partial charge in [0.15, 0.2) is 5.82 Å². The minimum atomic E-state index is 0.315. The van der Waals surface area contributed by atoms with Crippen LogP contribution in [0.2, 0.25) is 0 Å². The highest BCUT2D eigenvalue weighted by atomic mass is 16.5. The second-order valence-electron chi connectivity index (χ2n) is 4.93. The maximum absolute atomic E-state index is 6.03. The molecule has 0 spiro atoms. The van der Waals surface area contributed by atoms with Crippen LogP contribution in [0.25, 0.3) is 0 Å². The fraction of sp³-hybridized carbons (Fsp3) is 0.846. The van der Waals surface area contributed by atoms with Crippen LogP contribution in [0.4, 0.5) is 0 Å². The Labute approximate surface area is 109 Å². The van der Waals surface area contributed by atoms with E-state index in [2.05, 4.69) is 22.3 Å². The first-order valence-corrected chi connectivity index (χ1v) is 7.00. The zero-order chi connectivity index (χ0) is 12.8. The Morgan fingerprint density at radius 2 is 2.28 bits per heavy atom. The van der Waals surface area contributed by atoms with Gasteiger partial charge in [-0.25, -0.2) is 9.67 Å². The second kappa shape index (κ2) is 6.85. The fourth-order valence-corrected chi connectivity index (χ4v) is 2.61. The monoisotopic (exact) mass is 252 g/mol. The van der Waals surface area contributed by atoms with Crippen LogP contribution in [0, 0.1) is 0 Å². The van der Waals surface area contributed by atoms with E-state index in [4.69, 9.17) is 4.74 Å². The zero-order valence-electron chi connectivity index (χ0n) is 11.4. The lowest BCUT2D eigenvalue weighted by Crippen LogP contribution is -2.41. The van der Waals surface area contributed by atoms with Gasteiger partial charge in [-0.05, 0) is 26.3 Å². The summed E-state index contributed by atoms with van der Waals surface area (Å²) in [6.45, 7) is 3.63. The van der Waals surface area contributed by atoms with Crippen LogP contribution in [0.1, 0.15) is 44.9 Å². The molecule has 0 aliphatic heterocycles. The lowest BCUT2D eigenvalue weighted by Gasteiger charge is -2.31. The van der Waals surface area contributed by atoms with Crippen molar-refractivity contribution in [2.45, 2.75) is 64.3 Å². The van der Waals surface area contributed by atoms with Crippen LogP contribution in [0.3, 0.4) is 0 Å². The summed E-state index contributed by atoms with van der Waals surface area (Å²) in [5.74, 6) is 0.942. The minimum Gasteiger partial charge on any atom is -0.369 e. The van der Waals surface area contributed by atoms with Crippen molar-refractivity contribution in [2.24, 2.45) is 0 Å². The molecular formula is C13H24N4O. The fourth-order valence-electron chi connectivity index (χ4n) is 2.61. The number of hydrogen-bond donors (Lipinski definition) is 1. The first-order valence-electron chi connectivity index (χ1n) is 7.00. The van der Waals surface area contributed by atoms with Crippen molar-refractivity contribution >= 4 is 0 Å². The molecule has 1 heterocycles. The van der Waals surface area contributed by atoms with Gasteiger partial charge in [-0.1, -0.05) is 19.8 Å². The Kier molecular flexibility index (Phi) is 5.13. The van der Waals surface area contributed by atoms with Gasteiger partial charge in [0.1, 0.15) is 12.9 Å². The Bertz CT molecular complexity index is 353. The van der Waals surface area contributed by atoms with E-state index in [1.54, 1.807) is 6.33 Å². The molecule has 102 valence electrons. The van der Waals surface area contributed by atoms with Crippen LogP contribution in [0.15, 0.2) is 6.33 Å². The van der Waals surface area contributed by atoms with Crippen LogP contribution in [0.5, 0.6) is 0 Å². The molecule has 0 aromatic carbocycles. The van der Waals surface area contributed by atoms with Crippen molar-refractivity contribution < 1.29 is 4.74 Å². The molecule has 1 saturated carbocycles. The molecule has 1 fully saturated rings. The summed E-state index contributed by atoms with van der Waals surface area (Å²) < 4.78 is 7.97. The molecule has 2 rings (SSSR count). The topological polar surface area (TPSA) is 52.0 Å². The quantitative estimate of drug-likeness (QED) is 0.838. The third kappa shape index (κ3) is 3.29. The number of nitrogens with zero attached hydrogens (tertiary/aromatic N) is 3. The van der Waals surface area contributed by atoms with Crippen LogP contribution in [-0.2, 0) is 17.9 Å². The lowest BCUT2D eigenvalue weighted by molar-refractivity contribution is -0.00798. The first kappa shape index (κ1) is 13.5. The van der Waals surface area contributed by atoms with Crippen LogP contribution in [-0.4, -0.2) is 34.0 Å². The van der Waals surface area contributed by atoms with E-state index in [1.807, 2.05) is 11.7 Å². The van der Waals surface area contributed by atoms with Gasteiger partial charge < -0.3 is 10.1 Å². The van der Waals surface area contributed by atoms with E-state index < -0.39 is 0 Å². The Balaban J connectivity index is 1.87. The third-order valence-electron chi connectivity index (χ3n) is 3.63. The van der Waals surface area contributed by atoms with Gasteiger partial charge in [0.05, 0.1) is 6.10 Å². The van der Waals surface area contributed by atoms with Crippen LogP contribution < -0.4 is 5.32 Å². The van der Waals surface area contributed by atoms with E-state index in [-0.39, 0.29) is 0 Å². The molecule has 1 aliphatic carbocycles. The number of hydrogen-bond acceptors (Lipinski definition) is 4. The summed E-state index contributed by atoms with van der Waals surface area (Å²) in [4.78, 5) is 4.28. The van der Waals surface area contributed by atoms with Crippen molar-refractivity contribution in [1.29, 1.82) is 0 Å². The number of ether oxygens (including phenoxy) is 1. The Morgan fingerprint density at radius 1 is 1.44 bits per heavy atom. The van der Waals surface area contributed by atoms with Gasteiger partial charge in [-0.15, -0.1) is 0 Å². The van der Waals surface area contributed by atoms with E-state index in [1.165, 1.54) is 19.3 Å². The molecule has 1 aromatic rings. The Morgan fingerprint density at radius 3 is 3.06 bits per heavy atom. The van der Waals surface area contributed by atoms with Crippen LogP contribution >= 0.6 is 0 Å². The molecule has 5 heteroatoms. The summed E-state index contributed by atoms with van der Waals surface area (Å²) in [5, 5.41) is 7.57. The highest BCUT2D eigenvalue weighted by Crippen LogP contribution is 2.21. The van der Waals surface area contributed by atoms with Crippen molar-refractivity contribution in [1.82, 2.24) is 20.1 Å². The van der Waals surface area contributed by atoms with Crippen molar-refractivity contribution in [3.05, 3.63) is 12.2 Å². The molecule has 1 N–H and O–H groups in total. The van der Waals surface area contributed by atoms with Gasteiger partial charge in [-0.3, -0.25) is 0 Å². The van der Waals surface area contributed by atoms with Gasteiger partial charge in [0.25, 0.3) is 0 Å². The maximum Gasteiger partial charge on any atom is 0.152 e. The maximum atomic E-state index is 6.03. The molecular weight excluding hydrogens is 228 g/mol. The zero-order valence-corrected chi connectivity index (χ0v) is 11.4.